The molecule has 2 aliphatic heterocycles. The van der Waals surface area contributed by atoms with E-state index in [0.717, 1.165) is 11.6 Å². The van der Waals surface area contributed by atoms with Gasteiger partial charge in [-0.3, -0.25) is 14.4 Å². The van der Waals surface area contributed by atoms with Gasteiger partial charge in [0.15, 0.2) is 0 Å². The van der Waals surface area contributed by atoms with Crippen molar-refractivity contribution < 1.29 is 14.4 Å². The third-order valence-corrected chi connectivity index (χ3v) is 4.93. The van der Waals surface area contributed by atoms with Gasteiger partial charge in [0, 0.05) is 25.8 Å². The summed E-state index contributed by atoms with van der Waals surface area (Å²) >= 11 is 0. The molecule has 1 aromatic rings. The van der Waals surface area contributed by atoms with Crippen molar-refractivity contribution >= 4 is 23.4 Å². The Hall–Kier alpha value is -3.14. The number of likely N-dealkylation sites (N-methyl/N-ethyl adjacent to an activating group) is 1. The van der Waals surface area contributed by atoms with Crippen LogP contribution in [0.4, 0.5) is 5.69 Å². The maximum atomic E-state index is 12.7. The smallest absolute Gasteiger partial charge is 0.246 e. The standard InChI is InChI=1S/C18H18N4O3/c1-3-15(23)21(2)10-16(24)22-9-12(8-19)18(11-22)13-6-4-5-7-14(13)20-17(18)25/h3-7,12H,1,9-11H2,2H3,(H,20,25). The third kappa shape index (κ3) is 2.47. The fourth-order valence-corrected chi connectivity index (χ4v) is 3.57. The normalized spacial score (nSPS) is 23.8. The van der Waals surface area contributed by atoms with Gasteiger partial charge < -0.3 is 15.1 Å². The molecule has 0 saturated carbocycles. The number of carbonyl (C=O) groups excluding carboxylic acids is 3. The Balaban J connectivity index is 1.88. The predicted molar refractivity (Wildman–Crippen MR) is 90.3 cm³/mol. The highest BCUT2D eigenvalue weighted by Gasteiger charge is 2.58. The molecule has 1 spiro atoms. The summed E-state index contributed by atoms with van der Waals surface area (Å²) in [6.45, 7) is 3.56. The van der Waals surface area contributed by atoms with E-state index >= 15 is 0 Å². The maximum Gasteiger partial charge on any atom is 0.246 e. The summed E-state index contributed by atoms with van der Waals surface area (Å²) in [5.74, 6) is -1.55. The number of nitrogens with one attached hydrogen (secondary N) is 1. The Morgan fingerprint density at radius 2 is 2.24 bits per heavy atom. The van der Waals surface area contributed by atoms with Gasteiger partial charge in [-0.15, -0.1) is 0 Å². The van der Waals surface area contributed by atoms with Crippen LogP contribution < -0.4 is 5.32 Å². The summed E-state index contributed by atoms with van der Waals surface area (Å²) in [6, 6.07) is 9.42. The lowest BCUT2D eigenvalue weighted by molar-refractivity contribution is -0.136. The van der Waals surface area contributed by atoms with Gasteiger partial charge in [-0.2, -0.15) is 5.26 Å². The van der Waals surface area contributed by atoms with E-state index in [1.807, 2.05) is 18.2 Å². The number of likely N-dealkylation sites (tertiary alicyclic amines) is 1. The van der Waals surface area contributed by atoms with E-state index in [4.69, 9.17) is 0 Å². The van der Waals surface area contributed by atoms with Crippen molar-refractivity contribution in [2.75, 3.05) is 32.0 Å². The summed E-state index contributed by atoms with van der Waals surface area (Å²) in [4.78, 5) is 39.6. The minimum atomic E-state index is -1.05. The average molecular weight is 338 g/mol. The molecule has 25 heavy (non-hydrogen) atoms. The first-order valence-corrected chi connectivity index (χ1v) is 7.90. The summed E-state index contributed by atoms with van der Waals surface area (Å²) < 4.78 is 0. The van der Waals surface area contributed by atoms with Crippen LogP contribution in [0.5, 0.6) is 0 Å². The predicted octanol–water partition coefficient (Wildman–Crippen LogP) is 0.503. The molecule has 1 fully saturated rings. The van der Waals surface area contributed by atoms with Crippen LogP contribution >= 0.6 is 0 Å². The van der Waals surface area contributed by atoms with Crippen molar-refractivity contribution in [3.8, 4) is 6.07 Å². The molecular formula is C18H18N4O3. The molecule has 2 aliphatic rings. The van der Waals surface area contributed by atoms with Crippen molar-refractivity contribution in [2.24, 2.45) is 5.92 Å². The van der Waals surface area contributed by atoms with E-state index in [0.29, 0.717) is 5.69 Å². The zero-order valence-electron chi connectivity index (χ0n) is 13.9. The van der Waals surface area contributed by atoms with Gasteiger partial charge >= 0.3 is 0 Å². The fourth-order valence-electron chi connectivity index (χ4n) is 3.57. The van der Waals surface area contributed by atoms with Crippen LogP contribution in [-0.2, 0) is 19.8 Å². The average Bonchev–Trinajstić information content (AvgIpc) is 3.14. The Kier molecular flexibility index (Phi) is 4.05. The lowest BCUT2D eigenvalue weighted by atomic mass is 9.74. The van der Waals surface area contributed by atoms with E-state index in [1.54, 1.807) is 6.07 Å². The molecule has 0 radical (unpaired) electrons. The van der Waals surface area contributed by atoms with Crippen molar-refractivity contribution in [3.05, 3.63) is 42.5 Å². The largest absolute Gasteiger partial charge is 0.338 e. The lowest BCUT2D eigenvalue weighted by Crippen LogP contribution is -2.44. The second kappa shape index (κ2) is 6.06. The van der Waals surface area contributed by atoms with Gasteiger partial charge in [0.1, 0.15) is 5.41 Å². The minimum Gasteiger partial charge on any atom is -0.338 e. The molecule has 1 saturated heterocycles. The monoisotopic (exact) mass is 338 g/mol. The zero-order chi connectivity index (χ0) is 18.2. The van der Waals surface area contributed by atoms with Gasteiger partial charge in [0.05, 0.1) is 18.5 Å². The molecule has 0 aliphatic carbocycles. The molecule has 3 rings (SSSR count). The molecule has 7 heteroatoms. The van der Waals surface area contributed by atoms with E-state index in [2.05, 4.69) is 18.0 Å². The van der Waals surface area contributed by atoms with Gasteiger partial charge in [-0.1, -0.05) is 24.8 Å². The fraction of sp³-hybridized carbons (Fsp3) is 0.333. The maximum absolute atomic E-state index is 12.7. The minimum absolute atomic E-state index is 0.123. The molecule has 2 unspecified atom stereocenters. The number of fused-ring (bicyclic) bond motifs is 2. The highest BCUT2D eigenvalue weighted by atomic mass is 16.2. The van der Waals surface area contributed by atoms with Gasteiger partial charge in [-0.05, 0) is 17.7 Å². The lowest BCUT2D eigenvalue weighted by Gasteiger charge is -2.25. The number of hydrogen-bond donors (Lipinski definition) is 1. The second-order valence-corrected chi connectivity index (χ2v) is 6.33. The molecule has 0 aromatic heterocycles. The molecule has 7 nitrogen and oxygen atoms in total. The number of anilines is 1. The van der Waals surface area contributed by atoms with E-state index in [-0.39, 0.29) is 37.4 Å². The Morgan fingerprint density at radius 3 is 2.92 bits per heavy atom. The summed E-state index contributed by atoms with van der Waals surface area (Å²) in [6.07, 6.45) is 1.14. The quantitative estimate of drug-likeness (QED) is 0.812. The van der Waals surface area contributed by atoms with Crippen LogP contribution in [0.2, 0.25) is 0 Å². The number of nitriles is 1. The molecule has 1 N–H and O–H groups in total. The number of hydrogen-bond acceptors (Lipinski definition) is 4. The van der Waals surface area contributed by atoms with Crippen LogP contribution in [0.3, 0.4) is 0 Å². The molecule has 0 bridgehead atoms. The van der Waals surface area contributed by atoms with Crippen molar-refractivity contribution in [3.63, 3.8) is 0 Å². The van der Waals surface area contributed by atoms with Crippen molar-refractivity contribution in [2.45, 2.75) is 5.41 Å². The van der Waals surface area contributed by atoms with Gasteiger partial charge in [0.2, 0.25) is 17.7 Å². The van der Waals surface area contributed by atoms with Crippen molar-refractivity contribution in [1.82, 2.24) is 9.80 Å². The Bertz CT molecular complexity index is 813. The number of rotatable bonds is 3. The van der Waals surface area contributed by atoms with Crippen LogP contribution in [-0.4, -0.2) is 54.2 Å². The van der Waals surface area contributed by atoms with Crippen LogP contribution in [0, 0.1) is 17.2 Å². The van der Waals surface area contributed by atoms with Crippen LogP contribution in [0.25, 0.3) is 0 Å². The number of amides is 3. The first-order chi connectivity index (χ1) is 11.9. The highest BCUT2D eigenvalue weighted by Crippen LogP contribution is 2.47. The number of para-hydroxylation sites is 1. The first kappa shape index (κ1) is 16.7. The molecule has 3 amide bonds. The summed E-state index contributed by atoms with van der Waals surface area (Å²) in [5, 5.41) is 12.4. The molecule has 2 heterocycles. The molecule has 128 valence electrons. The molecule has 1 aromatic carbocycles. The second-order valence-electron chi connectivity index (χ2n) is 6.33. The van der Waals surface area contributed by atoms with E-state index in [1.165, 1.54) is 16.8 Å². The third-order valence-electron chi connectivity index (χ3n) is 4.93. The van der Waals surface area contributed by atoms with Crippen LogP contribution in [0.1, 0.15) is 5.56 Å². The number of nitrogens with zero attached hydrogens (tertiary/aromatic N) is 3. The SMILES string of the molecule is C=CC(=O)N(C)CC(=O)N1CC(C#N)C2(C1)C(=O)Nc1ccccc12. The number of carbonyl (C=O) groups is 3. The Labute approximate surface area is 145 Å². The molecule has 2 atom stereocenters. The summed E-state index contributed by atoms with van der Waals surface area (Å²) in [7, 11) is 1.51. The van der Waals surface area contributed by atoms with Gasteiger partial charge in [0.25, 0.3) is 0 Å². The number of benzene rings is 1. The molecular weight excluding hydrogens is 320 g/mol. The summed E-state index contributed by atoms with van der Waals surface area (Å²) in [5.41, 5.74) is 0.375. The first-order valence-electron chi connectivity index (χ1n) is 7.90. The van der Waals surface area contributed by atoms with Gasteiger partial charge in [-0.25, -0.2) is 0 Å². The van der Waals surface area contributed by atoms with E-state index < -0.39 is 11.3 Å². The topological polar surface area (TPSA) is 93.5 Å². The van der Waals surface area contributed by atoms with E-state index in [9.17, 15) is 19.6 Å². The zero-order valence-corrected chi connectivity index (χ0v) is 13.9. The highest BCUT2D eigenvalue weighted by molar-refractivity contribution is 6.07. The van der Waals surface area contributed by atoms with Crippen molar-refractivity contribution in [1.29, 1.82) is 5.26 Å². The Morgan fingerprint density at radius 1 is 1.52 bits per heavy atom. The van der Waals surface area contributed by atoms with Crippen LogP contribution in [0.15, 0.2) is 36.9 Å².